The van der Waals surface area contributed by atoms with Gasteiger partial charge in [0.2, 0.25) is 5.91 Å². The van der Waals surface area contributed by atoms with Gasteiger partial charge in [-0.25, -0.2) is 0 Å². The van der Waals surface area contributed by atoms with Gasteiger partial charge in [0.15, 0.2) is 0 Å². The number of nitrogens with one attached hydrogen (secondary N) is 1. The van der Waals surface area contributed by atoms with E-state index in [2.05, 4.69) is 5.32 Å². The largest absolute Gasteiger partial charge is 0.339 e. The summed E-state index contributed by atoms with van der Waals surface area (Å²) >= 11 is 1.51. The average molecular weight is 319 g/mol. The Kier molecular flexibility index (Phi) is 4.40. The van der Waals surface area contributed by atoms with E-state index >= 15 is 0 Å². The molecule has 22 heavy (non-hydrogen) atoms. The fraction of sp³-hybridized carbons (Fsp3) is 0.500. The Morgan fingerprint density at radius 2 is 2.14 bits per heavy atom. The molecule has 2 aliphatic heterocycles. The van der Waals surface area contributed by atoms with Gasteiger partial charge in [-0.15, -0.1) is 11.8 Å². The number of nitrogens with two attached hydrogens (primary N) is 1. The van der Waals surface area contributed by atoms with Gasteiger partial charge in [0.1, 0.15) is 0 Å². The lowest BCUT2D eigenvalue weighted by Crippen LogP contribution is -2.42. The van der Waals surface area contributed by atoms with Gasteiger partial charge in [0.25, 0.3) is 5.91 Å². The first-order valence-electron chi connectivity index (χ1n) is 7.66. The lowest BCUT2D eigenvalue weighted by Gasteiger charge is -2.34. The van der Waals surface area contributed by atoms with E-state index in [0.29, 0.717) is 17.2 Å². The molecule has 2 amide bonds. The predicted octanol–water partition coefficient (Wildman–Crippen LogP) is 1.93. The zero-order valence-corrected chi connectivity index (χ0v) is 13.5. The monoisotopic (exact) mass is 319 g/mol. The fourth-order valence-corrected chi connectivity index (χ4v) is 3.82. The van der Waals surface area contributed by atoms with Gasteiger partial charge >= 0.3 is 0 Å². The van der Waals surface area contributed by atoms with Gasteiger partial charge in [0.05, 0.1) is 11.4 Å². The Morgan fingerprint density at radius 1 is 1.41 bits per heavy atom. The summed E-state index contributed by atoms with van der Waals surface area (Å²) in [6, 6.07) is 5.75. The first-order chi connectivity index (χ1) is 10.5. The molecule has 1 aromatic rings. The van der Waals surface area contributed by atoms with E-state index in [-0.39, 0.29) is 17.9 Å². The smallest absolute Gasteiger partial charge is 0.253 e. The summed E-state index contributed by atoms with van der Waals surface area (Å²) in [5.74, 6) is 0.962. The van der Waals surface area contributed by atoms with Gasteiger partial charge in [0, 0.05) is 29.6 Å². The number of carbonyl (C=O) groups is 2. The number of carbonyl (C=O) groups excluding carboxylic acids is 2. The molecule has 118 valence electrons. The highest BCUT2D eigenvalue weighted by atomic mass is 32.2. The third-order valence-corrected chi connectivity index (χ3v) is 5.50. The first kappa shape index (κ1) is 15.4. The van der Waals surface area contributed by atoms with E-state index in [0.717, 1.165) is 36.5 Å². The van der Waals surface area contributed by atoms with Crippen molar-refractivity contribution in [1.29, 1.82) is 0 Å². The van der Waals surface area contributed by atoms with Crippen LogP contribution in [0.1, 0.15) is 30.1 Å². The Morgan fingerprint density at radius 3 is 2.82 bits per heavy atom. The van der Waals surface area contributed by atoms with Crippen LogP contribution in [0.15, 0.2) is 23.1 Å². The number of likely N-dealkylation sites (tertiary alicyclic amines) is 1. The highest BCUT2D eigenvalue weighted by Crippen LogP contribution is 2.32. The van der Waals surface area contributed by atoms with Crippen molar-refractivity contribution >= 4 is 29.3 Å². The highest BCUT2D eigenvalue weighted by molar-refractivity contribution is 8.00. The number of anilines is 1. The number of benzene rings is 1. The number of rotatable bonds is 2. The van der Waals surface area contributed by atoms with Crippen molar-refractivity contribution in [1.82, 2.24) is 4.90 Å². The van der Waals surface area contributed by atoms with Gasteiger partial charge in [-0.3, -0.25) is 9.59 Å². The molecule has 6 heteroatoms. The second kappa shape index (κ2) is 6.30. The van der Waals surface area contributed by atoms with Gasteiger partial charge in [-0.2, -0.15) is 0 Å². The third kappa shape index (κ3) is 3.13. The first-order valence-corrected chi connectivity index (χ1v) is 8.64. The molecule has 0 bridgehead atoms. The van der Waals surface area contributed by atoms with E-state index in [1.165, 1.54) is 11.8 Å². The molecule has 3 N–H and O–H groups in total. The second-order valence-corrected chi connectivity index (χ2v) is 7.05. The van der Waals surface area contributed by atoms with Crippen LogP contribution in [-0.2, 0) is 4.79 Å². The molecular formula is C16H21N3O2S. The SMILES string of the molecule is CC(N)C1CCN(C(=O)c2ccc3c(c2)NC(=O)CS3)CC1. The minimum atomic E-state index is -0.0140. The molecule has 2 heterocycles. The molecule has 0 saturated carbocycles. The van der Waals surface area contributed by atoms with E-state index in [9.17, 15) is 9.59 Å². The lowest BCUT2D eigenvalue weighted by atomic mass is 9.90. The van der Waals surface area contributed by atoms with Crippen molar-refractivity contribution in [2.75, 3.05) is 24.2 Å². The summed E-state index contributed by atoms with van der Waals surface area (Å²) < 4.78 is 0. The standard InChI is InChI=1S/C16H21N3O2S/c1-10(17)11-4-6-19(7-5-11)16(21)12-2-3-14-13(8-12)18-15(20)9-22-14/h2-3,8,10-11H,4-7,9,17H2,1H3,(H,18,20). The normalized spacial score (nSPS) is 20.3. The summed E-state index contributed by atoms with van der Waals surface area (Å²) in [7, 11) is 0. The molecule has 1 saturated heterocycles. The fourth-order valence-electron chi connectivity index (χ4n) is 3.03. The van der Waals surface area contributed by atoms with Crippen LogP contribution in [0.2, 0.25) is 0 Å². The minimum Gasteiger partial charge on any atom is -0.339 e. The quantitative estimate of drug-likeness (QED) is 0.873. The minimum absolute atomic E-state index is 0.0140. The number of hydrogen-bond acceptors (Lipinski definition) is 4. The maximum atomic E-state index is 12.6. The van der Waals surface area contributed by atoms with Crippen molar-refractivity contribution in [2.45, 2.75) is 30.7 Å². The van der Waals surface area contributed by atoms with Gasteiger partial charge < -0.3 is 16.0 Å². The van der Waals surface area contributed by atoms with Crippen molar-refractivity contribution in [2.24, 2.45) is 11.7 Å². The van der Waals surface area contributed by atoms with Crippen molar-refractivity contribution in [3.63, 3.8) is 0 Å². The molecule has 1 unspecified atom stereocenters. The summed E-state index contributed by atoms with van der Waals surface area (Å²) in [5.41, 5.74) is 7.33. The summed E-state index contributed by atoms with van der Waals surface area (Å²) in [5, 5.41) is 2.83. The Hall–Kier alpha value is -1.53. The summed E-state index contributed by atoms with van der Waals surface area (Å²) in [6.45, 7) is 3.54. The number of piperidine rings is 1. The number of thioether (sulfide) groups is 1. The van der Waals surface area contributed by atoms with E-state index in [1.807, 2.05) is 24.0 Å². The van der Waals surface area contributed by atoms with Crippen LogP contribution in [0.25, 0.3) is 0 Å². The molecule has 0 aliphatic carbocycles. The molecule has 1 fully saturated rings. The van der Waals surface area contributed by atoms with Crippen molar-refractivity contribution in [3.8, 4) is 0 Å². The Balaban J connectivity index is 1.71. The van der Waals surface area contributed by atoms with Crippen LogP contribution in [-0.4, -0.2) is 41.6 Å². The Bertz CT molecular complexity index is 595. The van der Waals surface area contributed by atoms with E-state index in [4.69, 9.17) is 5.73 Å². The van der Waals surface area contributed by atoms with E-state index < -0.39 is 0 Å². The van der Waals surface area contributed by atoms with E-state index in [1.54, 1.807) is 6.07 Å². The molecule has 0 aromatic heterocycles. The second-order valence-electron chi connectivity index (χ2n) is 6.04. The van der Waals surface area contributed by atoms with Crippen LogP contribution in [0.4, 0.5) is 5.69 Å². The third-order valence-electron chi connectivity index (χ3n) is 4.43. The topological polar surface area (TPSA) is 75.4 Å². The highest BCUT2D eigenvalue weighted by Gasteiger charge is 2.26. The number of hydrogen-bond donors (Lipinski definition) is 2. The zero-order chi connectivity index (χ0) is 15.7. The zero-order valence-electron chi connectivity index (χ0n) is 12.7. The molecular weight excluding hydrogens is 298 g/mol. The molecule has 2 aliphatic rings. The number of nitrogens with zero attached hydrogens (tertiary/aromatic N) is 1. The maximum absolute atomic E-state index is 12.6. The predicted molar refractivity (Wildman–Crippen MR) is 88.1 cm³/mol. The van der Waals surface area contributed by atoms with Crippen LogP contribution in [0, 0.1) is 5.92 Å². The molecule has 3 rings (SSSR count). The average Bonchev–Trinajstić information content (AvgIpc) is 2.53. The van der Waals surface area contributed by atoms with Crippen LogP contribution in [0.5, 0.6) is 0 Å². The van der Waals surface area contributed by atoms with Crippen LogP contribution in [0.3, 0.4) is 0 Å². The van der Waals surface area contributed by atoms with Crippen molar-refractivity contribution in [3.05, 3.63) is 23.8 Å². The van der Waals surface area contributed by atoms with Crippen LogP contribution < -0.4 is 11.1 Å². The molecule has 1 aromatic carbocycles. The van der Waals surface area contributed by atoms with Gasteiger partial charge in [-0.1, -0.05) is 0 Å². The number of amides is 2. The van der Waals surface area contributed by atoms with Gasteiger partial charge in [-0.05, 0) is 43.9 Å². The van der Waals surface area contributed by atoms with Crippen molar-refractivity contribution < 1.29 is 9.59 Å². The maximum Gasteiger partial charge on any atom is 0.253 e. The Labute approximate surface area is 134 Å². The molecule has 0 spiro atoms. The number of fused-ring (bicyclic) bond motifs is 1. The molecule has 0 radical (unpaired) electrons. The lowest BCUT2D eigenvalue weighted by molar-refractivity contribution is -0.113. The summed E-state index contributed by atoms with van der Waals surface area (Å²) in [6.07, 6.45) is 1.92. The molecule has 5 nitrogen and oxygen atoms in total. The van der Waals surface area contributed by atoms with Crippen LogP contribution >= 0.6 is 11.8 Å². The molecule has 1 atom stereocenters. The summed E-state index contributed by atoms with van der Waals surface area (Å²) in [4.78, 5) is 27.0.